The highest BCUT2D eigenvalue weighted by molar-refractivity contribution is 5.73. The normalized spacial score (nSPS) is 11.3. The van der Waals surface area contributed by atoms with Crippen LogP contribution in [0.25, 0.3) is 11.2 Å². The lowest BCUT2D eigenvalue weighted by Gasteiger charge is -2.08. The van der Waals surface area contributed by atoms with Crippen molar-refractivity contribution < 1.29 is 0 Å². The average Bonchev–Trinajstić information content (AvgIpc) is 3.05. The van der Waals surface area contributed by atoms with Gasteiger partial charge in [-0.3, -0.25) is 4.40 Å². The molecule has 0 saturated heterocycles. The Kier molecular flexibility index (Phi) is 4.40. The molecule has 3 rings (SSSR count). The molecule has 24 heavy (non-hydrogen) atoms. The highest BCUT2D eigenvalue weighted by Gasteiger charge is 2.10. The van der Waals surface area contributed by atoms with Crippen LogP contribution in [-0.2, 0) is 0 Å². The zero-order valence-corrected chi connectivity index (χ0v) is 13.4. The number of hydrogen-bond donors (Lipinski definition) is 3. The second-order valence-corrected chi connectivity index (χ2v) is 5.15. The fraction of sp³-hybridized carbons (Fsp3) is 0.118. The molecule has 0 unspecified atom stereocenters. The van der Waals surface area contributed by atoms with Gasteiger partial charge >= 0.3 is 0 Å². The Morgan fingerprint density at radius 1 is 1.25 bits per heavy atom. The monoisotopic (exact) mass is 319 g/mol. The van der Waals surface area contributed by atoms with E-state index in [9.17, 15) is 0 Å². The number of fused-ring (bicyclic) bond motifs is 1. The predicted octanol–water partition coefficient (Wildman–Crippen LogP) is 2.43. The van der Waals surface area contributed by atoms with Crippen LogP contribution < -0.4 is 16.2 Å². The van der Waals surface area contributed by atoms with Crippen LogP contribution in [0.1, 0.15) is 18.2 Å². The number of nitrogens with one attached hydrogen (secondary N) is 3. The summed E-state index contributed by atoms with van der Waals surface area (Å²) in [4.78, 5) is 8.85. The van der Waals surface area contributed by atoms with Crippen LogP contribution in [0, 0.1) is 11.3 Å². The maximum Gasteiger partial charge on any atom is 0.180 e. The lowest BCUT2D eigenvalue weighted by atomic mass is 10.2. The van der Waals surface area contributed by atoms with Gasteiger partial charge in [-0.15, -0.1) is 0 Å². The molecular weight excluding hydrogens is 302 g/mol. The summed E-state index contributed by atoms with van der Waals surface area (Å²) in [6, 6.07) is 9.31. The highest BCUT2D eigenvalue weighted by atomic mass is 15.3. The van der Waals surface area contributed by atoms with Gasteiger partial charge in [0.2, 0.25) is 0 Å². The maximum atomic E-state index is 8.86. The summed E-state index contributed by atoms with van der Waals surface area (Å²) in [6.07, 6.45) is 7.28. The number of imidazole rings is 1. The Balaban J connectivity index is 1.95. The van der Waals surface area contributed by atoms with E-state index >= 15 is 0 Å². The Hall–Kier alpha value is -3.37. The summed E-state index contributed by atoms with van der Waals surface area (Å²) in [5, 5.41) is 12.1. The minimum absolute atomic E-state index is 0.618. The topological polar surface area (TPSA) is 90.1 Å². The van der Waals surface area contributed by atoms with Crippen molar-refractivity contribution in [3.8, 4) is 6.07 Å². The largest absolute Gasteiger partial charge is 0.337 e. The summed E-state index contributed by atoms with van der Waals surface area (Å²) < 4.78 is 1.97. The first-order valence-corrected chi connectivity index (χ1v) is 7.41. The van der Waals surface area contributed by atoms with Gasteiger partial charge in [0, 0.05) is 31.3 Å². The minimum Gasteiger partial charge on any atom is -0.337 e. The van der Waals surface area contributed by atoms with Gasteiger partial charge in [-0.1, -0.05) is 0 Å². The number of hydrogen-bond acceptors (Lipinski definition) is 6. The first kappa shape index (κ1) is 15.5. The third-order valence-corrected chi connectivity index (χ3v) is 3.54. The minimum atomic E-state index is 0.618. The van der Waals surface area contributed by atoms with Crippen LogP contribution in [-0.4, -0.2) is 21.4 Å². The quantitative estimate of drug-likeness (QED) is 0.626. The van der Waals surface area contributed by atoms with Crippen molar-refractivity contribution in [3.63, 3.8) is 0 Å². The van der Waals surface area contributed by atoms with E-state index in [1.165, 1.54) is 0 Å². The number of hydrazine groups is 1. The summed E-state index contributed by atoms with van der Waals surface area (Å²) in [7, 11) is 1.81. The van der Waals surface area contributed by atoms with Gasteiger partial charge in [0.25, 0.3) is 0 Å². The van der Waals surface area contributed by atoms with Gasteiger partial charge in [-0.25, -0.2) is 15.4 Å². The van der Waals surface area contributed by atoms with E-state index in [1.54, 1.807) is 18.3 Å². The van der Waals surface area contributed by atoms with Gasteiger partial charge < -0.3 is 10.7 Å². The van der Waals surface area contributed by atoms with Crippen molar-refractivity contribution in [2.75, 3.05) is 12.4 Å². The smallest absolute Gasteiger partial charge is 0.180 e. The van der Waals surface area contributed by atoms with Crippen LogP contribution in [0.5, 0.6) is 0 Å². The summed E-state index contributed by atoms with van der Waals surface area (Å²) in [5.74, 6) is 0.655. The molecule has 0 atom stereocenters. The molecule has 1 aromatic carbocycles. The lowest BCUT2D eigenvalue weighted by Crippen LogP contribution is -2.21. The van der Waals surface area contributed by atoms with Gasteiger partial charge in [0.1, 0.15) is 0 Å². The molecule has 0 saturated carbocycles. The molecule has 7 heteroatoms. The summed E-state index contributed by atoms with van der Waals surface area (Å²) >= 11 is 0. The second-order valence-electron chi connectivity index (χ2n) is 5.15. The Morgan fingerprint density at radius 2 is 2.04 bits per heavy atom. The van der Waals surface area contributed by atoms with Gasteiger partial charge in [-0.05, 0) is 36.8 Å². The van der Waals surface area contributed by atoms with Crippen LogP contribution in [0.4, 0.5) is 11.5 Å². The Labute approximate surface area is 139 Å². The van der Waals surface area contributed by atoms with Crippen molar-refractivity contribution in [2.45, 2.75) is 6.92 Å². The number of allylic oxidation sites excluding steroid dienone is 1. The molecule has 0 spiro atoms. The van der Waals surface area contributed by atoms with Crippen molar-refractivity contribution in [1.82, 2.24) is 25.2 Å². The average molecular weight is 319 g/mol. The van der Waals surface area contributed by atoms with E-state index in [-0.39, 0.29) is 0 Å². The number of aromatic nitrogens is 3. The standard InChI is InChI=1S/C17H17N7/c1-12(10-22-19-2)15-11-21-17-16(20-7-8-24(15)17)23-14-5-3-13(9-18)4-6-14/h3-8,10-11,19,22H,1-2H3,(H,20,23)/b12-10+. The molecule has 120 valence electrons. The molecule has 2 aromatic heterocycles. The number of anilines is 2. The first-order valence-electron chi connectivity index (χ1n) is 7.41. The van der Waals surface area contributed by atoms with E-state index in [0.29, 0.717) is 11.4 Å². The third-order valence-electron chi connectivity index (χ3n) is 3.54. The van der Waals surface area contributed by atoms with E-state index in [4.69, 9.17) is 5.26 Å². The first-order chi connectivity index (χ1) is 11.7. The molecule has 2 heterocycles. The Bertz CT molecular complexity index is 916. The van der Waals surface area contributed by atoms with Gasteiger partial charge in [-0.2, -0.15) is 5.26 Å². The molecule has 0 aliphatic rings. The van der Waals surface area contributed by atoms with Crippen molar-refractivity contribution in [1.29, 1.82) is 5.26 Å². The van der Waals surface area contributed by atoms with Crippen LogP contribution in [0.15, 0.2) is 49.1 Å². The molecule has 0 amide bonds. The molecule has 0 bridgehead atoms. The highest BCUT2D eigenvalue weighted by Crippen LogP contribution is 2.22. The van der Waals surface area contributed by atoms with E-state index in [1.807, 2.05) is 49.1 Å². The lowest BCUT2D eigenvalue weighted by molar-refractivity contribution is 0.731. The van der Waals surface area contributed by atoms with E-state index in [2.05, 4.69) is 32.2 Å². The van der Waals surface area contributed by atoms with Gasteiger partial charge in [0.15, 0.2) is 11.5 Å². The number of rotatable bonds is 5. The summed E-state index contributed by atoms with van der Waals surface area (Å²) in [6.45, 7) is 2.00. The molecular formula is C17H17N7. The van der Waals surface area contributed by atoms with Crippen molar-refractivity contribution in [2.24, 2.45) is 0 Å². The van der Waals surface area contributed by atoms with Crippen LogP contribution in [0.3, 0.4) is 0 Å². The SMILES string of the molecule is CNN/C=C(\C)c1cnc2c(Nc3ccc(C#N)cc3)nccn12. The molecule has 0 aliphatic carbocycles. The van der Waals surface area contributed by atoms with E-state index < -0.39 is 0 Å². The van der Waals surface area contributed by atoms with Crippen LogP contribution in [0.2, 0.25) is 0 Å². The Morgan fingerprint density at radius 3 is 2.75 bits per heavy atom. The fourth-order valence-corrected chi connectivity index (χ4v) is 2.32. The molecule has 3 N–H and O–H groups in total. The molecule has 0 radical (unpaired) electrons. The number of nitrogens with zero attached hydrogens (tertiary/aromatic N) is 4. The predicted molar refractivity (Wildman–Crippen MR) is 93.3 cm³/mol. The molecule has 7 nitrogen and oxygen atoms in total. The van der Waals surface area contributed by atoms with Gasteiger partial charge in [0.05, 0.1) is 23.5 Å². The number of benzene rings is 1. The third kappa shape index (κ3) is 3.04. The fourth-order valence-electron chi connectivity index (χ4n) is 2.32. The van der Waals surface area contributed by atoms with E-state index in [0.717, 1.165) is 22.6 Å². The molecule has 0 fully saturated rings. The van der Waals surface area contributed by atoms with Crippen molar-refractivity contribution >= 4 is 22.7 Å². The van der Waals surface area contributed by atoms with Crippen LogP contribution >= 0.6 is 0 Å². The summed E-state index contributed by atoms with van der Waals surface area (Å²) in [5.41, 5.74) is 10.0. The number of nitriles is 1. The zero-order chi connectivity index (χ0) is 16.9. The van der Waals surface area contributed by atoms with Crippen molar-refractivity contribution in [3.05, 3.63) is 60.3 Å². The molecule has 3 aromatic rings. The molecule has 0 aliphatic heterocycles. The maximum absolute atomic E-state index is 8.86. The zero-order valence-electron chi connectivity index (χ0n) is 13.4. The second kappa shape index (κ2) is 6.81.